The van der Waals surface area contributed by atoms with Gasteiger partial charge in [-0.25, -0.2) is 4.79 Å². The Morgan fingerprint density at radius 3 is 2.72 bits per heavy atom. The molecule has 1 aromatic carbocycles. The van der Waals surface area contributed by atoms with Crippen LogP contribution >= 0.6 is 0 Å². The van der Waals surface area contributed by atoms with Crippen LogP contribution in [0.3, 0.4) is 0 Å². The van der Waals surface area contributed by atoms with Gasteiger partial charge in [0.05, 0.1) is 5.70 Å². The normalized spacial score (nSPS) is 18.2. The van der Waals surface area contributed by atoms with Crippen molar-refractivity contribution in [3.8, 4) is 0 Å². The molecule has 0 aliphatic carbocycles. The highest BCUT2D eigenvalue weighted by atomic mass is 16.6. The number of aromatic amines is 1. The van der Waals surface area contributed by atoms with E-state index in [1.807, 2.05) is 39.0 Å². The summed E-state index contributed by atoms with van der Waals surface area (Å²) in [4.78, 5) is 28.6. The number of amides is 1. The molecule has 0 fully saturated rings. The minimum atomic E-state index is -0.536. The van der Waals surface area contributed by atoms with Crippen molar-refractivity contribution in [1.82, 2.24) is 9.88 Å². The standard InChI is InChI=1S/C20H24N2O3/c1-13-5-9-17(22(12-13)19(24)25-20(2,3)4)15-6-8-16-14(11-15)7-10-18(23)21-16/h6-11,13H,5,12H2,1-4H3,(H,21,23). The van der Waals surface area contributed by atoms with E-state index in [4.69, 9.17) is 4.74 Å². The number of carbonyl (C=O) groups excluding carboxylic acids is 1. The van der Waals surface area contributed by atoms with Crippen LogP contribution in [0.2, 0.25) is 0 Å². The Balaban J connectivity index is 1.99. The molecule has 1 unspecified atom stereocenters. The summed E-state index contributed by atoms with van der Waals surface area (Å²) >= 11 is 0. The van der Waals surface area contributed by atoms with Crippen molar-refractivity contribution in [2.45, 2.75) is 39.7 Å². The highest BCUT2D eigenvalue weighted by molar-refractivity contribution is 5.87. The average molecular weight is 340 g/mol. The summed E-state index contributed by atoms with van der Waals surface area (Å²) in [5, 5.41) is 0.931. The minimum absolute atomic E-state index is 0.124. The Bertz CT molecular complexity index is 890. The van der Waals surface area contributed by atoms with Crippen molar-refractivity contribution in [1.29, 1.82) is 0 Å². The maximum Gasteiger partial charge on any atom is 0.414 e. The molecule has 132 valence electrons. The summed E-state index contributed by atoms with van der Waals surface area (Å²) in [6.45, 7) is 8.36. The van der Waals surface area contributed by atoms with Gasteiger partial charge in [-0.3, -0.25) is 9.69 Å². The van der Waals surface area contributed by atoms with Gasteiger partial charge < -0.3 is 9.72 Å². The zero-order chi connectivity index (χ0) is 18.2. The molecule has 1 atom stereocenters. The number of H-pyrrole nitrogens is 1. The third-order valence-corrected chi connectivity index (χ3v) is 4.13. The molecule has 25 heavy (non-hydrogen) atoms. The van der Waals surface area contributed by atoms with Gasteiger partial charge in [-0.2, -0.15) is 0 Å². The van der Waals surface area contributed by atoms with E-state index in [1.54, 1.807) is 11.0 Å². The first-order valence-corrected chi connectivity index (χ1v) is 8.57. The number of nitrogens with one attached hydrogen (secondary N) is 1. The smallest absolute Gasteiger partial charge is 0.414 e. The molecule has 5 nitrogen and oxygen atoms in total. The number of hydrogen-bond donors (Lipinski definition) is 1. The Morgan fingerprint density at radius 2 is 2.00 bits per heavy atom. The average Bonchev–Trinajstić information content (AvgIpc) is 2.52. The quantitative estimate of drug-likeness (QED) is 0.848. The van der Waals surface area contributed by atoms with Crippen LogP contribution in [0.15, 0.2) is 41.2 Å². The van der Waals surface area contributed by atoms with Crippen LogP contribution in [0, 0.1) is 5.92 Å². The summed E-state index contributed by atoms with van der Waals surface area (Å²) in [5.74, 6) is 0.382. The van der Waals surface area contributed by atoms with Crippen molar-refractivity contribution in [3.63, 3.8) is 0 Å². The van der Waals surface area contributed by atoms with Gasteiger partial charge >= 0.3 is 6.09 Å². The van der Waals surface area contributed by atoms with Crippen molar-refractivity contribution < 1.29 is 9.53 Å². The van der Waals surface area contributed by atoms with Gasteiger partial charge in [0.1, 0.15) is 5.60 Å². The van der Waals surface area contributed by atoms with Crippen LogP contribution in [-0.4, -0.2) is 28.1 Å². The van der Waals surface area contributed by atoms with E-state index < -0.39 is 5.60 Å². The number of rotatable bonds is 1. The zero-order valence-electron chi connectivity index (χ0n) is 15.1. The summed E-state index contributed by atoms with van der Waals surface area (Å²) in [6.07, 6.45) is 2.68. The summed E-state index contributed by atoms with van der Waals surface area (Å²) in [7, 11) is 0. The number of pyridine rings is 1. The van der Waals surface area contributed by atoms with E-state index in [1.165, 1.54) is 6.07 Å². The predicted octanol–water partition coefficient (Wildman–Crippen LogP) is 4.15. The monoisotopic (exact) mass is 340 g/mol. The summed E-state index contributed by atoms with van der Waals surface area (Å²) < 4.78 is 5.58. The highest BCUT2D eigenvalue weighted by Crippen LogP contribution is 2.30. The van der Waals surface area contributed by atoms with Crippen LogP contribution in [0.5, 0.6) is 0 Å². The SMILES string of the molecule is CC1CC=C(c2ccc3[nH]c(=O)ccc3c2)N(C(=O)OC(C)(C)C)C1. The first-order valence-electron chi connectivity index (χ1n) is 8.57. The molecule has 0 saturated heterocycles. The van der Waals surface area contributed by atoms with Gasteiger partial charge in [-0.1, -0.05) is 19.1 Å². The second-order valence-corrected chi connectivity index (χ2v) is 7.65. The fraction of sp³-hybridized carbons (Fsp3) is 0.400. The lowest BCUT2D eigenvalue weighted by Gasteiger charge is -2.34. The molecule has 1 aromatic heterocycles. The molecule has 0 spiro atoms. The molecule has 0 saturated carbocycles. The zero-order valence-corrected chi connectivity index (χ0v) is 15.1. The van der Waals surface area contributed by atoms with Gasteiger partial charge in [0, 0.05) is 18.1 Å². The van der Waals surface area contributed by atoms with Crippen LogP contribution in [-0.2, 0) is 4.74 Å². The molecule has 1 N–H and O–H groups in total. The van der Waals surface area contributed by atoms with Gasteiger partial charge in [0.25, 0.3) is 0 Å². The second-order valence-electron chi connectivity index (χ2n) is 7.65. The van der Waals surface area contributed by atoms with Gasteiger partial charge in [-0.15, -0.1) is 0 Å². The predicted molar refractivity (Wildman–Crippen MR) is 99.3 cm³/mol. The van der Waals surface area contributed by atoms with Crippen LogP contribution in [0.25, 0.3) is 16.6 Å². The third-order valence-electron chi connectivity index (χ3n) is 4.13. The van der Waals surface area contributed by atoms with Crippen LogP contribution in [0.1, 0.15) is 39.7 Å². The fourth-order valence-corrected chi connectivity index (χ4v) is 2.98. The van der Waals surface area contributed by atoms with Gasteiger partial charge in [-0.05, 0) is 62.3 Å². The second kappa shape index (κ2) is 6.39. The van der Waals surface area contributed by atoms with E-state index in [2.05, 4.69) is 18.0 Å². The maximum absolute atomic E-state index is 12.7. The van der Waals surface area contributed by atoms with Gasteiger partial charge in [0.15, 0.2) is 0 Å². The molecule has 1 aliphatic rings. The molecular weight excluding hydrogens is 316 g/mol. The van der Waals surface area contributed by atoms with Crippen molar-refractivity contribution in [2.75, 3.05) is 6.54 Å². The molecule has 2 heterocycles. The third kappa shape index (κ3) is 3.92. The molecule has 1 aliphatic heterocycles. The van der Waals surface area contributed by atoms with E-state index in [-0.39, 0.29) is 11.7 Å². The fourth-order valence-electron chi connectivity index (χ4n) is 2.98. The lowest BCUT2D eigenvalue weighted by Crippen LogP contribution is -2.39. The Morgan fingerprint density at radius 1 is 1.24 bits per heavy atom. The number of benzene rings is 1. The summed E-state index contributed by atoms with van der Waals surface area (Å²) in [6, 6.07) is 9.09. The number of fused-ring (bicyclic) bond motifs is 1. The molecule has 0 radical (unpaired) electrons. The number of hydrogen-bond acceptors (Lipinski definition) is 3. The molecule has 3 rings (SSSR count). The topological polar surface area (TPSA) is 62.4 Å². The summed E-state index contributed by atoms with van der Waals surface area (Å²) in [5.41, 5.74) is 1.93. The van der Waals surface area contributed by atoms with Gasteiger partial charge in [0.2, 0.25) is 5.56 Å². The van der Waals surface area contributed by atoms with Crippen LogP contribution in [0.4, 0.5) is 4.79 Å². The number of nitrogens with zero attached hydrogens (tertiary/aromatic N) is 1. The number of allylic oxidation sites excluding steroid dienone is 1. The van der Waals surface area contributed by atoms with E-state index in [0.29, 0.717) is 12.5 Å². The molecular formula is C20H24N2O3. The van der Waals surface area contributed by atoms with E-state index >= 15 is 0 Å². The van der Waals surface area contributed by atoms with E-state index in [9.17, 15) is 9.59 Å². The molecule has 1 amide bonds. The highest BCUT2D eigenvalue weighted by Gasteiger charge is 2.29. The largest absolute Gasteiger partial charge is 0.443 e. The Kier molecular flexibility index (Phi) is 4.41. The lowest BCUT2D eigenvalue weighted by molar-refractivity contribution is 0.0327. The van der Waals surface area contributed by atoms with Crippen LogP contribution < -0.4 is 5.56 Å². The van der Waals surface area contributed by atoms with Crippen molar-refractivity contribution >= 4 is 22.7 Å². The Hall–Kier alpha value is -2.56. The first kappa shape index (κ1) is 17.3. The number of aromatic nitrogens is 1. The molecule has 5 heteroatoms. The van der Waals surface area contributed by atoms with Crippen molar-refractivity contribution in [3.05, 3.63) is 52.3 Å². The first-order chi connectivity index (χ1) is 11.7. The minimum Gasteiger partial charge on any atom is -0.443 e. The maximum atomic E-state index is 12.7. The van der Waals surface area contributed by atoms with Crippen molar-refractivity contribution in [2.24, 2.45) is 5.92 Å². The van der Waals surface area contributed by atoms with E-state index in [0.717, 1.165) is 28.6 Å². The molecule has 2 aromatic rings. The lowest BCUT2D eigenvalue weighted by atomic mass is 9.97. The molecule has 0 bridgehead atoms. The Labute approximate surface area is 147 Å². The number of carbonyl (C=O) groups is 1. The number of ether oxygens (including phenoxy) is 1.